The smallest absolute Gasteiger partial charge is 0.291 e. The molecular formula is C18H18N4O4S. The molecule has 140 valence electrons. The van der Waals surface area contributed by atoms with Gasteiger partial charge in [-0.1, -0.05) is 6.07 Å². The van der Waals surface area contributed by atoms with Crippen LogP contribution in [0.2, 0.25) is 0 Å². The Morgan fingerprint density at radius 1 is 1.19 bits per heavy atom. The van der Waals surface area contributed by atoms with E-state index in [1.165, 1.54) is 27.5 Å². The summed E-state index contributed by atoms with van der Waals surface area (Å²) in [4.78, 5) is 13.2. The number of thiophene rings is 1. The van der Waals surface area contributed by atoms with Crippen LogP contribution >= 0.6 is 11.3 Å². The van der Waals surface area contributed by atoms with Crippen LogP contribution in [-0.4, -0.2) is 43.6 Å². The van der Waals surface area contributed by atoms with Crippen molar-refractivity contribution in [3.05, 3.63) is 47.0 Å². The number of ether oxygens (including phenoxy) is 3. The molecule has 0 saturated carbocycles. The summed E-state index contributed by atoms with van der Waals surface area (Å²) in [5.41, 5.74) is 4.15. The van der Waals surface area contributed by atoms with Gasteiger partial charge < -0.3 is 14.2 Å². The van der Waals surface area contributed by atoms with E-state index in [4.69, 9.17) is 14.2 Å². The van der Waals surface area contributed by atoms with Crippen LogP contribution in [0, 0.1) is 0 Å². The minimum Gasteiger partial charge on any atom is -0.493 e. The number of aromatic nitrogens is 2. The van der Waals surface area contributed by atoms with E-state index in [9.17, 15) is 4.79 Å². The van der Waals surface area contributed by atoms with E-state index in [1.54, 1.807) is 29.5 Å². The third-order valence-corrected chi connectivity index (χ3v) is 4.57. The molecule has 0 saturated heterocycles. The van der Waals surface area contributed by atoms with Gasteiger partial charge in [0.25, 0.3) is 5.91 Å². The number of carbonyl (C=O) groups is 1. The summed E-state index contributed by atoms with van der Waals surface area (Å²) in [6, 6.07) is 9.00. The van der Waals surface area contributed by atoms with Gasteiger partial charge in [-0.25, -0.2) is 5.43 Å². The zero-order valence-electron chi connectivity index (χ0n) is 15.0. The van der Waals surface area contributed by atoms with Gasteiger partial charge in [-0.3, -0.25) is 9.89 Å². The molecule has 2 N–H and O–H groups in total. The van der Waals surface area contributed by atoms with Gasteiger partial charge in [-0.15, -0.1) is 11.3 Å². The molecule has 3 rings (SSSR count). The predicted molar refractivity (Wildman–Crippen MR) is 103 cm³/mol. The maximum atomic E-state index is 12.2. The number of benzene rings is 1. The number of aromatic amines is 1. The van der Waals surface area contributed by atoms with Crippen molar-refractivity contribution in [3.63, 3.8) is 0 Å². The Morgan fingerprint density at radius 2 is 1.93 bits per heavy atom. The Bertz CT molecular complexity index is 925. The number of methoxy groups -OCH3 is 3. The van der Waals surface area contributed by atoms with Crippen LogP contribution in [0.3, 0.4) is 0 Å². The largest absolute Gasteiger partial charge is 0.493 e. The normalized spacial score (nSPS) is 10.8. The number of carbonyl (C=O) groups excluding carboxylic acids is 1. The van der Waals surface area contributed by atoms with E-state index in [-0.39, 0.29) is 5.69 Å². The first-order chi connectivity index (χ1) is 13.2. The van der Waals surface area contributed by atoms with Gasteiger partial charge >= 0.3 is 0 Å². The lowest BCUT2D eigenvalue weighted by atomic mass is 10.2. The number of hydrogen-bond acceptors (Lipinski definition) is 7. The van der Waals surface area contributed by atoms with Gasteiger partial charge in [0.2, 0.25) is 5.75 Å². The lowest BCUT2D eigenvalue weighted by molar-refractivity contribution is 0.0950. The summed E-state index contributed by atoms with van der Waals surface area (Å²) in [6.45, 7) is 0. The van der Waals surface area contributed by atoms with E-state index in [0.29, 0.717) is 22.8 Å². The van der Waals surface area contributed by atoms with E-state index in [2.05, 4.69) is 20.7 Å². The second kappa shape index (κ2) is 8.37. The average molecular weight is 386 g/mol. The third kappa shape index (κ3) is 4.09. The molecule has 2 aromatic heterocycles. The zero-order chi connectivity index (χ0) is 19.2. The first-order valence-electron chi connectivity index (χ1n) is 7.89. The highest BCUT2D eigenvalue weighted by Crippen LogP contribution is 2.37. The van der Waals surface area contributed by atoms with Crippen molar-refractivity contribution >= 4 is 23.5 Å². The monoisotopic (exact) mass is 386 g/mol. The molecule has 0 bridgehead atoms. The molecule has 0 spiro atoms. The van der Waals surface area contributed by atoms with E-state index in [1.807, 2.05) is 17.5 Å². The molecule has 1 aromatic carbocycles. The van der Waals surface area contributed by atoms with E-state index < -0.39 is 5.91 Å². The Morgan fingerprint density at radius 3 is 2.52 bits per heavy atom. The first kappa shape index (κ1) is 18.5. The fourth-order valence-corrected chi connectivity index (χ4v) is 3.09. The van der Waals surface area contributed by atoms with Crippen LogP contribution in [0.25, 0.3) is 10.6 Å². The number of nitrogens with zero attached hydrogens (tertiary/aromatic N) is 2. The SMILES string of the molecule is COc1cc(/C=N/NC(=O)c2cc(-c3cccs3)[nH]n2)cc(OC)c1OC. The molecule has 0 radical (unpaired) electrons. The highest BCUT2D eigenvalue weighted by Gasteiger charge is 2.13. The third-order valence-electron chi connectivity index (χ3n) is 3.66. The number of rotatable bonds is 7. The maximum Gasteiger partial charge on any atom is 0.291 e. The molecule has 0 aliphatic heterocycles. The fraction of sp³-hybridized carbons (Fsp3) is 0.167. The Labute approximate surface area is 159 Å². The Balaban J connectivity index is 1.71. The van der Waals surface area contributed by atoms with Gasteiger partial charge in [0.05, 0.1) is 38.1 Å². The second-order valence-electron chi connectivity index (χ2n) is 5.30. The van der Waals surface area contributed by atoms with Crippen molar-refractivity contribution in [1.82, 2.24) is 15.6 Å². The van der Waals surface area contributed by atoms with Crippen LogP contribution in [0.1, 0.15) is 16.1 Å². The van der Waals surface area contributed by atoms with Crippen LogP contribution in [-0.2, 0) is 0 Å². The van der Waals surface area contributed by atoms with Crippen molar-refractivity contribution in [2.75, 3.05) is 21.3 Å². The van der Waals surface area contributed by atoms with Crippen LogP contribution in [0.15, 0.2) is 40.8 Å². The number of nitrogens with one attached hydrogen (secondary N) is 2. The minimum atomic E-state index is -0.419. The van der Waals surface area contributed by atoms with Crippen LogP contribution < -0.4 is 19.6 Å². The topological polar surface area (TPSA) is 97.8 Å². The maximum absolute atomic E-state index is 12.2. The highest BCUT2D eigenvalue weighted by molar-refractivity contribution is 7.13. The zero-order valence-corrected chi connectivity index (χ0v) is 15.8. The molecular weight excluding hydrogens is 368 g/mol. The van der Waals surface area contributed by atoms with Crippen LogP contribution in [0.5, 0.6) is 17.2 Å². The van der Waals surface area contributed by atoms with Crippen molar-refractivity contribution in [1.29, 1.82) is 0 Å². The van der Waals surface area contributed by atoms with Crippen molar-refractivity contribution in [3.8, 4) is 27.8 Å². The Kier molecular flexibility index (Phi) is 5.72. The molecule has 0 aliphatic rings. The van der Waals surface area contributed by atoms with Gasteiger partial charge in [-0.05, 0) is 29.6 Å². The average Bonchev–Trinajstić information content (AvgIpc) is 3.38. The number of hydrogen-bond donors (Lipinski definition) is 2. The summed E-state index contributed by atoms with van der Waals surface area (Å²) < 4.78 is 15.8. The molecule has 0 fully saturated rings. The summed E-state index contributed by atoms with van der Waals surface area (Å²) in [7, 11) is 4.59. The van der Waals surface area contributed by atoms with Crippen molar-refractivity contribution in [2.24, 2.45) is 5.10 Å². The minimum absolute atomic E-state index is 0.250. The van der Waals surface area contributed by atoms with Crippen molar-refractivity contribution in [2.45, 2.75) is 0 Å². The standard InChI is InChI=1S/C18H18N4O4S/c1-24-14-7-11(8-15(25-2)17(14)26-3)10-19-22-18(23)13-9-12(20-21-13)16-5-4-6-27-16/h4-10H,1-3H3,(H,20,21)(H,22,23)/b19-10+. The number of hydrazone groups is 1. The lowest BCUT2D eigenvalue weighted by Gasteiger charge is -2.12. The quantitative estimate of drug-likeness (QED) is 0.481. The fourth-order valence-electron chi connectivity index (χ4n) is 2.39. The number of H-pyrrole nitrogens is 1. The summed E-state index contributed by atoms with van der Waals surface area (Å²) in [5.74, 6) is 1.06. The predicted octanol–water partition coefficient (Wildman–Crippen LogP) is 2.93. The van der Waals surface area contributed by atoms with Gasteiger partial charge in [0, 0.05) is 5.56 Å². The molecule has 8 nitrogen and oxygen atoms in total. The molecule has 0 atom stereocenters. The molecule has 2 heterocycles. The lowest BCUT2D eigenvalue weighted by Crippen LogP contribution is -2.18. The van der Waals surface area contributed by atoms with E-state index >= 15 is 0 Å². The molecule has 1 amide bonds. The summed E-state index contributed by atoms with van der Waals surface area (Å²) >= 11 is 1.56. The molecule has 9 heteroatoms. The van der Waals surface area contributed by atoms with Gasteiger partial charge in [-0.2, -0.15) is 10.2 Å². The summed E-state index contributed by atoms with van der Waals surface area (Å²) in [5, 5.41) is 12.8. The van der Waals surface area contributed by atoms with Crippen molar-refractivity contribution < 1.29 is 19.0 Å². The molecule has 0 aliphatic carbocycles. The second-order valence-corrected chi connectivity index (χ2v) is 6.25. The van der Waals surface area contributed by atoms with Crippen LogP contribution in [0.4, 0.5) is 0 Å². The molecule has 0 unspecified atom stereocenters. The van der Waals surface area contributed by atoms with Gasteiger partial charge in [0.1, 0.15) is 0 Å². The summed E-state index contributed by atoms with van der Waals surface area (Å²) in [6.07, 6.45) is 1.48. The molecule has 27 heavy (non-hydrogen) atoms. The first-order valence-corrected chi connectivity index (χ1v) is 8.77. The number of amides is 1. The highest BCUT2D eigenvalue weighted by atomic mass is 32.1. The molecule has 3 aromatic rings. The van der Waals surface area contributed by atoms with E-state index in [0.717, 1.165) is 10.6 Å². The van der Waals surface area contributed by atoms with Gasteiger partial charge in [0.15, 0.2) is 17.2 Å². The Hall–Kier alpha value is -3.33.